The maximum atomic E-state index is 11.3. The van der Waals surface area contributed by atoms with Crippen molar-refractivity contribution in [3.05, 3.63) is 0 Å². The highest BCUT2D eigenvalue weighted by atomic mass is 16.5. The number of carbonyl (C=O) groups is 1. The molecule has 3 rings (SSSR count). The van der Waals surface area contributed by atoms with Crippen molar-refractivity contribution in [1.82, 2.24) is 0 Å². The number of aliphatic hydroxyl groups excluding tert-OH is 1. The van der Waals surface area contributed by atoms with Crippen LogP contribution in [-0.4, -0.2) is 24.3 Å². The maximum absolute atomic E-state index is 11.3. The topological polar surface area (TPSA) is 46.5 Å². The third-order valence-corrected chi connectivity index (χ3v) is 4.76. The molecule has 3 aliphatic carbocycles. The van der Waals surface area contributed by atoms with Crippen LogP contribution in [0.2, 0.25) is 0 Å². The lowest BCUT2D eigenvalue weighted by molar-refractivity contribution is -0.172. The molecule has 3 aliphatic rings. The molecule has 0 aliphatic heterocycles. The third kappa shape index (κ3) is 1.48. The summed E-state index contributed by atoms with van der Waals surface area (Å²) in [6.07, 6.45) is 2.36. The molecule has 86 valence electrons. The molecule has 0 amide bonds. The van der Waals surface area contributed by atoms with Gasteiger partial charge in [-0.3, -0.25) is 0 Å². The number of ether oxygens (including phenoxy) is 1. The molecule has 0 heterocycles. The van der Waals surface area contributed by atoms with E-state index in [0.717, 1.165) is 18.8 Å². The van der Waals surface area contributed by atoms with Gasteiger partial charge in [-0.15, -0.1) is 0 Å². The third-order valence-electron chi connectivity index (χ3n) is 4.76. The van der Waals surface area contributed by atoms with Gasteiger partial charge in [-0.05, 0) is 42.4 Å². The van der Waals surface area contributed by atoms with Crippen molar-refractivity contribution in [1.29, 1.82) is 0 Å². The molecule has 0 aromatic rings. The predicted octanol–water partition coefficient (Wildman–Crippen LogP) is 1.59. The van der Waals surface area contributed by atoms with E-state index in [4.69, 9.17) is 0 Å². The van der Waals surface area contributed by atoms with Crippen LogP contribution >= 0.6 is 0 Å². The Balaban J connectivity index is 2.08. The summed E-state index contributed by atoms with van der Waals surface area (Å²) in [5, 5.41) is 9.90. The Kier molecular flexibility index (Phi) is 2.53. The Bertz CT molecular complexity index is 270. The van der Waals surface area contributed by atoms with Gasteiger partial charge >= 0.3 is 5.97 Å². The summed E-state index contributed by atoms with van der Waals surface area (Å²) in [4.78, 5) is 11.3. The minimum absolute atomic E-state index is 0.109. The van der Waals surface area contributed by atoms with E-state index in [9.17, 15) is 9.90 Å². The summed E-state index contributed by atoms with van der Waals surface area (Å²) < 4.78 is 4.61. The van der Waals surface area contributed by atoms with Gasteiger partial charge in [0, 0.05) is 0 Å². The van der Waals surface area contributed by atoms with E-state index < -0.39 is 12.1 Å². The van der Waals surface area contributed by atoms with Crippen LogP contribution in [-0.2, 0) is 9.53 Å². The molecule has 4 atom stereocenters. The quantitative estimate of drug-likeness (QED) is 0.707. The van der Waals surface area contributed by atoms with Crippen LogP contribution in [0.3, 0.4) is 0 Å². The van der Waals surface area contributed by atoms with Gasteiger partial charge in [0.05, 0.1) is 7.11 Å². The molecule has 15 heavy (non-hydrogen) atoms. The van der Waals surface area contributed by atoms with Crippen LogP contribution in [0.5, 0.6) is 0 Å². The monoisotopic (exact) mass is 212 g/mol. The molecule has 3 nitrogen and oxygen atoms in total. The first-order valence-electron chi connectivity index (χ1n) is 5.74. The second kappa shape index (κ2) is 3.48. The highest BCUT2D eigenvalue weighted by Gasteiger charge is 2.56. The lowest BCUT2D eigenvalue weighted by atomic mass is 9.45. The molecule has 1 N–H and O–H groups in total. The van der Waals surface area contributed by atoms with Gasteiger partial charge in [0.2, 0.25) is 0 Å². The maximum Gasteiger partial charge on any atom is 0.334 e. The van der Waals surface area contributed by atoms with E-state index in [1.807, 2.05) is 0 Å². The lowest BCUT2D eigenvalue weighted by Crippen LogP contribution is -2.56. The fraction of sp³-hybridized carbons (Fsp3) is 0.917. The first-order chi connectivity index (χ1) is 6.98. The van der Waals surface area contributed by atoms with Crippen LogP contribution in [0.25, 0.3) is 0 Å². The van der Waals surface area contributed by atoms with Crippen molar-refractivity contribution in [3.8, 4) is 0 Å². The van der Waals surface area contributed by atoms with Gasteiger partial charge in [0.25, 0.3) is 0 Å². The largest absolute Gasteiger partial charge is 0.467 e. The van der Waals surface area contributed by atoms with Gasteiger partial charge < -0.3 is 9.84 Å². The smallest absolute Gasteiger partial charge is 0.334 e. The van der Waals surface area contributed by atoms with Crippen LogP contribution in [0.15, 0.2) is 0 Å². The number of hydrogen-bond acceptors (Lipinski definition) is 3. The van der Waals surface area contributed by atoms with Crippen molar-refractivity contribution in [2.75, 3.05) is 7.11 Å². The van der Waals surface area contributed by atoms with E-state index in [1.54, 1.807) is 0 Å². The molecule has 3 fully saturated rings. The summed E-state index contributed by atoms with van der Waals surface area (Å²) in [7, 11) is 1.34. The van der Waals surface area contributed by atoms with E-state index in [-0.39, 0.29) is 5.92 Å². The van der Waals surface area contributed by atoms with Crippen molar-refractivity contribution in [3.63, 3.8) is 0 Å². The van der Waals surface area contributed by atoms with Gasteiger partial charge in [0.1, 0.15) is 0 Å². The fourth-order valence-electron chi connectivity index (χ4n) is 3.54. The molecule has 0 aromatic carbocycles. The minimum atomic E-state index is -0.916. The number of hydrogen-bond donors (Lipinski definition) is 1. The van der Waals surface area contributed by atoms with Gasteiger partial charge in [-0.25, -0.2) is 4.79 Å². The average molecular weight is 212 g/mol. The SMILES string of the molecule is COC(=O)C(O)C1CCC2CC1C2(C)C. The van der Waals surface area contributed by atoms with Crippen molar-refractivity contribution in [2.24, 2.45) is 23.2 Å². The number of rotatable bonds is 2. The van der Waals surface area contributed by atoms with Gasteiger partial charge in [-0.2, -0.15) is 0 Å². The summed E-state index contributed by atoms with van der Waals surface area (Å²) in [5.41, 5.74) is 0.303. The first-order valence-corrected chi connectivity index (χ1v) is 5.74. The summed E-state index contributed by atoms with van der Waals surface area (Å²) >= 11 is 0. The molecule has 3 saturated carbocycles. The van der Waals surface area contributed by atoms with Crippen LogP contribution < -0.4 is 0 Å². The normalized spacial score (nSPS) is 39.1. The molecular formula is C12H20O3. The van der Waals surface area contributed by atoms with Crippen LogP contribution in [0, 0.1) is 23.2 Å². The first kappa shape index (κ1) is 10.9. The number of esters is 1. The second-order valence-electron chi connectivity index (χ2n) is 5.57. The zero-order valence-electron chi connectivity index (χ0n) is 9.69. The zero-order valence-corrected chi connectivity index (χ0v) is 9.69. The predicted molar refractivity (Wildman–Crippen MR) is 56.1 cm³/mol. The van der Waals surface area contributed by atoms with Crippen LogP contribution in [0.1, 0.15) is 33.1 Å². The van der Waals surface area contributed by atoms with Crippen LogP contribution in [0.4, 0.5) is 0 Å². The number of aliphatic hydroxyl groups is 1. The number of methoxy groups -OCH3 is 1. The molecule has 3 heteroatoms. The van der Waals surface area contributed by atoms with E-state index in [1.165, 1.54) is 13.5 Å². The molecule has 0 spiro atoms. The zero-order chi connectivity index (χ0) is 11.2. The van der Waals surface area contributed by atoms with Crippen molar-refractivity contribution in [2.45, 2.75) is 39.2 Å². The minimum Gasteiger partial charge on any atom is -0.467 e. The highest BCUT2D eigenvalue weighted by Crippen LogP contribution is 2.61. The molecule has 0 radical (unpaired) electrons. The molecule has 0 aromatic heterocycles. The van der Waals surface area contributed by atoms with E-state index in [2.05, 4.69) is 18.6 Å². The number of carbonyl (C=O) groups excluding carboxylic acids is 1. The summed E-state index contributed by atoms with van der Waals surface area (Å²) in [5.74, 6) is 0.924. The summed E-state index contributed by atoms with van der Waals surface area (Å²) in [6, 6.07) is 0. The Morgan fingerprint density at radius 2 is 2.13 bits per heavy atom. The van der Waals surface area contributed by atoms with Gasteiger partial charge in [0.15, 0.2) is 6.10 Å². The van der Waals surface area contributed by atoms with E-state index >= 15 is 0 Å². The Morgan fingerprint density at radius 3 is 2.60 bits per heavy atom. The number of fused-ring (bicyclic) bond motifs is 2. The Hall–Kier alpha value is -0.570. The molecular weight excluding hydrogens is 192 g/mol. The second-order valence-corrected chi connectivity index (χ2v) is 5.57. The highest BCUT2D eigenvalue weighted by molar-refractivity contribution is 5.74. The lowest BCUT2D eigenvalue weighted by Gasteiger charge is -2.60. The molecule has 4 unspecified atom stereocenters. The summed E-state index contributed by atoms with van der Waals surface area (Å²) in [6.45, 7) is 4.50. The Labute approximate surface area is 90.8 Å². The van der Waals surface area contributed by atoms with E-state index in [0.29, 0.717) is 11.3 Å². The van der Waals surface area contributed by atoms with Crippen molar-refractivity contribution >= 4 is 5.97 Å². The Morgan fingerprint density at radius 1 is 1.47 bits per heavy atom. The molecule has 2 bridgehead atoms. The molecule has 0 saturated heterocycles. The van der Waals surface area contributed by atoms with Gasteiger partial charge in [-0.1, -0.05) is 13.8 Å². The fourth-order valence-corrected chi connectivity index (χ4v) is 3.54. The van der Waals surface area contributed by atoms with Crippen molar-refractivity contribution < 1.29 is 14.6 Å². The average Bonchev–Trinajstić information content (AvgIpc) is 2.26. The standard InChI is InChI=1S/C12H20O3/c1-12(2)7-4-5-8(9(12)6-7)10(13)11(14)15-3/h7-10,13H,4-6H2,1-3H3.